The Hall–Kier alpha value is 0.240. The third-order valence-corrected chi connectivity index (χ3v) is 7.61. The monoisotopic (exact) mass is 428 g/mol. The van der Waals surface area contributed by atoms with Gasteiger partial charge in [-0.15, -0.1) is 0 Å². The molecule has 1 aromatic rings. The minimum Gasteiger partial charge on any atom is -0.398 e. The molecule has 1 saturated heterocycles. The van der Waals surface area contributed by atoms with Crippen LogP contribution in [0, 0.1) is 0 Å². The summed E-state index contributed by atoms with van der Waals surface area (Å²) < 4.78 is 28.0. The topological polar surface area (TPSA) is 63.4 Å². The molecule has 0 spiro atoms. The third kappa shape index (κ3) is 3.12. The molecule has 2 rings (SSSR count). The molecular weight excluding hydrogens is 416 g/mol. The van der Waals surface area contributed by atoms with Crippen molar-refractivity contribution in [3.63, 3.8) is 0 Å². The molecule has 1 aliphatic heterocycles. The van der Waals surface area contributed by atoms with Crippen molar-refractivity contribution in [1.82, 2.24) is 4.31 Å². The van der Waals surface area contributed by atoms with Gasteiger partial charge in [-0.2, -0.15) is 16.1 Å². The molecule has 4 nitrogen and oxygen atoms in total. The summed E-state index contributed by atoms with van der Waals surface area (Å²) >= 11 is 8.36. The van der Waals surface area contributed by atoms with Gasteiger partial charge in [0.1, 0.15) is 4.90 Å². The van der Waals surface area contributed by atoms with E-state index in [-0.39, 0.29) is 16.6 Å². The van der Waals surface area contributed by atoms with E-state index in [0.29, 0.717) is 4.47 Å². The molecule has 0 bridgehead atoms. The predicted molar refractivity (Wildman–Crippen MR) is 86.9 cm³/mol. The van der Waals surface area contributed by atoms with Crippen molar-refractivity contribution < 1.29 is 8.42 Å². The van der Waals surface area contributed by atoms with Crippen molar-refractivity contribution in [3.8, 4) is 0 Å². The molecule has 0 saturated carbocycles. The van der Waals surface area contributed by atoms with Crippen LogP contribution in [0.15, 0.2) is 26.0 Å². The zero-order chi connectivity index (χ0) is 14.2. The molecule has 106 valence electrons. The van der Waals surface area contributed by atoms with Gasteiger partial charge in [0.25, 0.3) is 0 Å². The standard InChI is InChI=1S/C11H14Br2N2O2S2/c1-15(8-2-3-18-6-8)19(16,17)11-9(13)4-7(12)5-10(11)14/h4-5,8H,2-3,6,14H2,1H3. The number of thioether (sulfide) groups is 1. The number of nitrogens with two attached hydrogens (primary N) is 1. The third-order valence-electron chi connectivity index (χ3n) is 3.09. The Morgan fingerprint density at radius 3 is 2.63 bits per heavy atom. The van der Waals surface area contributed by atoms with E-state index in [4.69, 9.17) is 5.73 Å². The quantitative estimate of drug-likeness (QED) is 0.750. The maximum Gasteiger partial charge on any atom is 0.246 e. The van der Waals surface area contributed by atoms with Crippen molar-refractivity contribution in [2.45, 2.75) is 17.4 Å². The molecule has 1 unspecified atom stereocenters. The average molecular weight is 430 g/mol. The van der Waals surface area contributed by atoms with Gasteiger partial charge in [0.2, 0.25) is 10.0 Å². The normalized spacial score (nSPS) is 20.1. The molecule has 1 aliphatic rings. The number of nitrogens with zero attached hydrogens (tertiary/aromatic N) is 1. The lowest BCUT2D eigenvalue weighted by atomic mass is 10.3. The minimum atomic E-state index is -3.57. The summed E-state index contributed by atoms with van der Waals surface area (Å²) in [7, 11) is -1.95. The molecule has 0 amide bonds. The number of anilines is 1. The summed E-state index contributed by atoms with van der Waals surface area (Å²) in [5, 5.41) is 0. The van der Waals surface area contributed by atoms with Crippen LogP contribution >= 0.6 is 43.6 Å². The first-order valence-electron chi connectivity index (χ1n) is 5.64. The molecule has 0 aromatic heterocycles. The van der Waals surface area contributed by atoms with Crippen LogP contribution in [0.4, 0.5) is 5.69 Å². The summed E-state index contributed by atoms with van der Waals surface area (Å²) in [6.07, 6.45) is 0.883. The van der Waals surface area contributed by atoms with E-state index in [1.165, 1.54) is 4.31 Å². The van der Waals surface area contributed by atoms with Gasteiger partial charge in [0.05, 0.1) is 5.69 Å². The smallest absolute Gasteiger partial charge is 0.246 e. The highest BCUT2D eigenvalue weighted by molar-refractivity contribution is 9.11. The van der Waals surface area contributed by atoms with E-state index in [2.05, 4.69) is 31.9 Å². The van der Waals surface area contributed by atoms with Gasteiger partial charge in [0, 0.05) is 27.8 Å². The predicted octanol–water partition coefficient (Wildman–Crippen LogP) is 2.92. The van der Waals surface area contributed by atoms with Gasteiger partial charge >= 0.3 is 0 Å². The van der Waals surface area contributed by atoms with E-state index in [1.54, 1.807) is 30.9 Å². The van der Waals surface area contributed by atoms with Crippen molar-refractivity contribution in [2.24, 2.45) is 0 Å². The molecule has 1 fully saturated rings. The fourth-order valence-electron chi connectivity index (χ4n) is 2.00. The van der Waals surface area contributed by atoms with Gasteiger partial charge in [-0.1, -0.05) is 15.9 Å². The minimum absolute atomic E-state index is 0.0462. The van der Waals surface area contributed by atoms with Gasteiger partial charge in [-0.3, -0.25) is 0 Å². The van der Waals surface area contributed by atoms with E-state index in [0.717, 1.165) is 22.4 Å². The highest BCUT2D eigenvalue weighted by Crippen LogP contribution is 2.35. The number of hydrogen-bond acceptors (Lipinski definition) is 4. The van der Waals surface area contributed by atoms with Crippen molar-refractivity contribution in [3.05, 3.63) is 21.1 Å². The second-order valence-electron chi connectivity index (χ2n) is 4.34. The van der Waals surface area contributed by atoms with Gasteiger partial charge < -0.3 is 5.73 Å². The zero-order valence-electron chi connectivity index (χ0n) is 10.3. The van der Waals surface area contributed by atoms with E-state index < -0.39 is 10.0 Å². The Morgan fingerprint density at radius 2 is 2.11 bits per heavy atom. The second kappa shape index (κ2) is 5.93. The Morgan fingerprint density at radius 1 is 1.42 bits per heavy atom. The van der Waals surface area contributed by atoms with Crippen LogP contribution in [0.3, 0.4) is 0 Å². The number of halogens is 2. The summed E-state index contributed by atoms with van der Waals surface area (Å²) in [5.41, 5.74) is 6.12. The first-order chi connectivity index (χ1) is 8.84. The fourth-order valence-corrected chi connectivity index (χ4v) is 6.76. The summed E-state index contributed by atoms with van der Waals surface area (Å²) in [6, 6.07) is 3.35. The average Bonchev–Trinajstić information content (AvgIpc) is 2.78. The number of nitrogen functional groups attached to an aromatic ring is 1. The zero-order valence-corrected chi connectivity index (χ0v) is 15.1. The first-order valence-corrected chi connectivity index (χ1v) is 9.82. The fraction of sp³-hybridized carbons (Fsp3) is 0.455. The molecule has 0 aliphatic carbocycles. The highest BCUT2D eigenvalue weighted by Gasteiger charge is 2.33. The molecule has 8 heteroatoms. The van der Waals surface area contributed by atoms with Gasteiger partial charge in [-0.25, -0.2) is 8.42 Å². The molecular formula is C11H14Br2N2O2S2. The van der Waals surface area contributed by atoms with E-state index in [9.17, 15) is 8.42 Å². The maximum absolute atomic E-state index is 12.7. The Kier molecular flexibility index (Phi) is 4.88. The van der Waals surface area contributed by atoms with Crippen molar-refractivity contribution in [2.75, 3.05) is 24.3 Å². The van der Waals surface area contributed by atoms with Crippen molar-refractivity contribution in [1.29, 1.82) is 0 Å². The molecule has 0 radical (unpaired) electrons. The van der Waals surface area contributed by atoms with Crippen molar-refractivity contribution >= 4 is 59.3 Å². The summed E-state index contributed by atoms with van der Waals surface area (Å²) in [4.78, 5) is 0.148. The number of sulfonamides is 1. The summed E-state index contributed by atoms with van der Waals surface area (Å²) in [6.45, 7) is 0. The van der Waals surface area contributed by atoms with Crippen LogP contribution in [-0.2, 0) is 10.0 Å². The number of benzene rings is 1. The molecule has 19 heavy (non-hydrogen) atoms. The van der Waals surface area contributed by atoms with Gasteiger partial charge in [0.15, 0.2) is 0 Å². The molecule has 1 atom stereocenters. The Balaban J connectivity index is 2.44. The van der Waals surface area contributed by atoms with Crippen LogP contribution in [0.5, 0.6) is 0 Å². The lowest BCUT2D eigenvalue weighted by Crippen LogP contribution is -2.37. The van der Waals surface area contributed by atoms with Gasteiger partial charge in [-0.05, 0) is 40.2 Å². The summed E-state index contributed by atoms with van der Waals surface area (Å²) in [5.74, 6) is 1.84. The second-order valence-corrected chi connectivity index (χ2v) is 9.20. The van der Waals surface area contributed by atoms with Crippen LogP contribution in [0.1, 0.15) is 6.42 Å². The lowest BCUT2D eigenvalue weighted by molar-refractivity contribution is 0.394. The number of rotatable bonds is 3. The lowest BCUT2D eigenvalue weighted by Gasteiger charge is -2.24. The number of hydrogen-bond donors (Lipinski definition) is 1. The molecule has 2 N–H and O–H groups in total. The van der Waals surface area contributed by atoms with E-state index in [1.807, 2.05) is 0 Å². The van der Waals surface area contributed by atoms with Crippen LogP contribution in [-0.4, -0.2) is 37.3 Å². The Bertz CT molecular complexity index is 563. The molecule has 1 aromatic carbocycles. The Labute approximate surface area is 134 Å². The SMILES string of the molecule is CN(C1CCSC1)S(=O)(=O)c1c(N)cc(Br)cc1Br. The first kappa shape index (κ1) is 15.6. The largest absolute Gasteiger partial charge is 0.398 e. The maximum atomic E-state index is 12.7. The highest BCUT2D eigenvalue weighted by atomic mass is 79.9. The van der Waals surface area contributed by atoms with Crippen LogP contribution in [0.25, 0.3) is 0 Å². The van der Waals surface area contributed by atoms with Crippen LogP contribution in [0.2, 0.25) is 0 Å². The van der Waals surface area contributed by atoms with Crippen LogP contribution < -0.4 is 5.73 Å². The molecule has 1 heterocycles. The van der Waals surface area contributed by atoms with E-state index >= 15 is 0 Å².